The zero-order chi connectivity index (χ0) is 56.4. The molecular weight excluding hydrogens is 954 g/mol. The Hall–Kier alpha value is -7.04. The number of rotatable bonds is 5. The molecule has 0 fully saturated rings. The van der Waals surface area contributed by atoms with Crippen LogP contribution >= 0.6 is 0 Å². The van der Waals surface area contributed by atoms with E-state index in [4.69, 9.17) is 0 Å². The van der Waals surface area contributed by atoms with Gasteiger partial charge in [0.15, 0.2) is 0 Å². The van der Waals surface area contributed by atoms with Crippen molar-refractivity contribution in [3.05, 3.63) is 202 Å². The van der Waals surface area contributed by atoms with Crippen molar-refractivity contribution in [1.29, 1.82) is 0 Å². The molecule has 1 aromatic heterocycles. The summed E-state index contributed by atoms with van der Waals surface area (Å²) >= 11 is 0. The van der Waals surface area contributed by atoms with Gasteiger partial charge >= 0.3 is 0 Å². The van der Waals surface area contributed by atoms with Crippen molar-refractivity contribution in [2.45, 2.75) is 164 Å². The summed E-state index contributed by atoms with van der Waals surface area (Å²) in [4.78, 5) is 5.25. The molecule has 0 atom stereocenters. The van der Waals surface area contributed by atoms with E-state index in [9.17, 15) is 0 Å². The Kier molecular flexibility index (Phi) is 11.7. The van der Waals surface area contributed by atoms with Crippen LogP contribution in [0.1, 0.15) is 168 Å². The maximum Gasteiger partial charge on any atom is 0.252 e. The van der Waals surface area contributed by atoms with Gasteiger partial charge in [-0.2, -0.15) is 0 Å². The number of nitrogens with zero attached hydrogens (tertiary/aromatic N) is 3. The fraction of sp³-hybridized carbons (Fsp3) is 0.333. The summed E-state index contributed by atoms with van der Waals surface area (Å²) in [6.45, 7) is 44.8. The van der Waals surface area contributed by atoms with Crippen LogP contribution in [-0.2, 0) is 32.5 Å². The minimum Gasteiger partial charge on any atom is -0.313 e. The molecule has 0 spiro atoms. The van der Waals surface area contributed by atoms with Crippen molar-refractivity contribution in [2.24, 2.45) is 0 Å². The van der Waals surface area contributed by atoms with E-state index in [2.05, 4.69) is 298 Å². The lowest BCUT2D eigenvalue weighted by molar-refractivity contribution is 0.588. The predicted molar refractivity (Wildman–Crippen MR) is 343 cm³/mol. The number of aromatic nitrogens is 1. The summed E-state index contributed by atoms with van der Waals surface area (Å²) < 4.78 is 2.76. The van der Waals surface area contributed by atoms with Crippen LogP contribution in [0, 0.1) is 13.8 Å². The smallest absolute Gasteiger partial charge is 0.252 e. The SMILES string of the molecule is Cc1cc(C(C)(C)C)ccc1N(c1ccc2c(c1)N(c1ccc(C(C)(C)C)cc1-c1ccccc1)c1cc(C(C)(C)C)cc3c1B2c1cc(C(C)(C)C)cc2c4c(n-3c12)C(C)(C)c1ccccc1-4)c1ccc(C(C)(C)C)cc1C. The van der Waals surface area contributed by atoms with Gasteiger partial charge in [0.2, 0.25) is 0 Å². The molecule has 4 heteroatoms. The average molecular weight is 1040 g/mol. The molecule has 79 heavy (non-hydrogen) atoms. The van der Waals surface area contributed by atoms with Gasteiger partial charge in [0.1, 0.15) is 0 Å². The quantitative estimate of drug-likeness (QED) is 0.159. The largest absolute Gasteiger partial charge is 0.313 e. The predicted octanol–water partition coefficient (Wildman–Crippen LogP) is 18.8. The third kappa shape index (κ3) is 8.27. The molecule has 0 amide bonds. The van der Waals surface area contributed by atoms with E-state index < -0.39 is 0 Å². The monoisotopic (exact) mass is 1040 g/mol. The van der Waals surface area contributed by atoms with E-state index in [0.29, 0.717) is 0 Å². The Morgan fingerprint density at radius 3 is 1.54 bits per heavy atom. The molecule has 1 aliphatic carbocycles. The van der Waals surface area contributed by atoms with E-state index in [0.717, 1.165) is 5.69 Å². The topological polar surface area (TPSA) is 11.4 Å². The second-order valence-corrected chi connectivity index (χ2v) is 29.3. The Bertz CT molecular complexity index is 3910. The number of hydrogen-bond acceptors (Lipinski definition) is 2. The molecular formula is C75H82BN3. The van der Waals surface area contributed by atoms with E-state index in [-0.39, 0.29) is 39.2 Å². The summed E-state index contributed by atoms with van der Waals surface area (Å²) in [5.74, 6) is 0. The lowest BCUT2D eigenvalue weighted by Gasteiger charge is -2.43. The maximum atomic E-state index is 2.76. The van der Waals surface area contributed by atoms with Gasteiger partial charge in [-0.15, -0.1) is 0 Å². The van der Waals surface area contributed by atoms with E-state index in [1.807, 2.05) is 0 Å². The highest BCUT2D eigenvalue weighted by Gasteiger charge is 2.49. The van der Waals surface area contributed by atoms with Gasteiger partial charge in [0.25, 0.3) is 6.71 Å². The maximum absolute atomic E-state index is 2.76. The molecule has 12 rings (SSSR count). The summed E-state index contributed by atoms with van der Waals surface area (Å²) in [6.07, 6.45) is 0. The van der Waals surface area contributed by atoms with Crippen LogP contribution in [0.5, 0.6) is 0 Å². The van der Waals surface area contributed by atoms with Crippen molar-refractivity contribution in [3.8, 4) is 27.9 Å². The van der Waals surface area contributed by atoms with Crippen molar-refractivity contribution in [3.63, 3.8) is 0 Å². The van der Waals surface area contributed by atoms with E-state index in [1.54, 1.807) is 0 Å². The number of hydrogen-bond donors (Lipinski definition) is 0. The Morgan fingerprint density at radius 1 is 0.430 bits per heavy atom. The molecule has 0 saturated heterocycles. The molecule has 8 aromatic carbocycles. The Labute approximate surface area is 473 Å². The number of anilines is 6. The Morgan fingerprint density at radius 2 is 0.962 bits per heavy atom. The highest BCUT2D eigenvalue weighted by molar-refractivity contribution is 7.00. The number of fused-ring (bicyclic) bond motifs is 9. The zero-order valence-electron chi connectivity index (χ0n) is 50.9. The van der Waals surface area contributed by atoms with Crippen LogP contribution < -0.4 is 26.2 Å². The van der Waals surface area contributed by atoms with Crippen LogP contribution in [0.4, 0.5) is 34.1 Å². The molecule has 0 bridgehead atoms. The minimum absolute atomic E-state index is 0.0106. The number of benzene rings is 8. The zero-order valence-corrected chi connectivity index (χ0v) is 50.9. The fourth-order valence-corrected chi connectivity index (χ4v) is 13.5. The van der Waals surface area contributed by atoms with Gasteiger partial charge < -0.3 is 14.4 Å². The van der Waals surface area contributed by atoms with Crippen molar-refractivity contribution in [2.75, 3.05) is 9.80 Å². The van der Waals surface area contributed by atoms with Gasteiger partial charge in [-0.05, 0) is 168 Å². The second-order valence-electron chi connectivity index (χ2n) is 29.3. The van der Waals surface area contributed by atoms with Gasteiger partial charge in [-0.1, -0.05) is 215 Å². The first-order valence-corrected chi connectivity index (χ1v) is 29.1. The molecule has 3 aliphatic rings. The molecule has 3 nitrogen and oxygen atoms in total. The first kappa shape index (κ1) is 52.7. The van der Waals surface area contributed by atoms with Crippen molar-refractivity contribution < 1.29 is 0 Å². The molecule has 9 aromatic rings. The summed E-state index contributed by atoms with van der Waals surface area (Å²) in [5.41, 5.74) is 30.5. The summed E-state index contributed by atoms with van der Waals surface area (Å²) in [5, 5.41) is 1.36. The lowest BCUT2D eigenvalue weighted by Crippen LogP contribution is -2.61. The van der Waals surface area contributed by atoms with Gasteiger partial charge in [0.05, 0.1) is 5.69 Å². The first-order chi connectivity index (χ1) is 36.9. The van der Waals surface area contributed by atoms with Gasteiger partial charge in [-0.3, -0.25) is 0 Å². The third-order valence-corrected chi connectivity index (χ3v) is 18.1. The molecule has 0 unspecified atom stereocenters. The molecule has 0 saturated carbocycles. The van der Waals surface area contributed by atoms with Crippen molar-refractivity contribution in [1.82, 2.24) is 4.57 Å². The Balaban J connectivity index is 1.25. The average Bonchev–Trinajstić information content (AvgIpc) is 1.97. The van der Waals surface area contributed by atoms with Crippen LogP contribution in [0.25, 0.3) is 38.8 Å². The van der Waals surface area contributed by atoms with Gasteiger partial charge in [-0.25, -0.2) is 0 Å². The van der Waals surface area contributed by atoms with E-state index >= 15 is 0 Å². The molecule has 400 valence electrons. The number of aryl methyl sites for hydroxylation is 2. The van der Waals surface area contributed by atoms with Crippen LogP contribution in [-0.4, -0.2) is 11.3 Å². The molecule has 3 heterocycles. The first-order valence-electron chi connectivity index (χ1n) is 29.1. The lowest BCUT2D eigenvalue weighted by atomic mass is 9.33. The summed E-state index contributed by atoms with van der Waals surface area (Å²) in [7, 11) is 0. The van der Waals surface area contributed by atoms with Crippen LogP contribution in [0.15, 0.2) is 152 Å². The third-order valence-electron chi connectivity index (χ3n) is 18.1. The highest BCUT2D eigenvalue weighted by Crippen LogP contribution is 2.56. The molecule has 0 radical (unpaired) electrons. The molecule has 0 N–H and O–H groups in total. The minimum atomic E-state index is -0.248. The fourth-order valence-electron chi connectivity index (χ4n) is 13.5. The van der Waals surface area contributed by atoms with Crippen molar-refractivity contribution >= 4 is 68.1 Å². The van der Waals surface area contributed by atoms with Gasteiger partial charge in [0, 0.05) is 67.3 Å². The highest BCUT2D eigenvalue weighted by atomic mass is 15.2. The second kappa shape index (κ2) is 17.5. The summed E-state index contributed by atoms with van der Waals surface area (Å²) in [6, 6.07) is 59.9. The van der Waals surface area contributed by atoms with Crippen LogP contribution in [0.3, 0.4) is 0 Å². The van der Waals surface area contributed by atoms with E-state index in [1.165, 1.54) is 134 Å². The standard InChI is InChI=1S/C75H82BN3/c1-45-37-48(70(3,4)5)29-34-60(45)77(61-35-30-49(38-46(61)2)71(6,7)8)53-32-33-58-63(44-53)78(62-36-31-50(72(9,10)11)39-55(62)47-25-21-20-22-26-47)64-42-52(74(15,16)17)43-65-67(64)76(58)59-41-51(73(12,13)14)40-56-66-54-27-23-24-28-57(54)75(18,19)69(66)79(65)68(56)59/h20-44H,1-19H3. The normalized spacial score (nSPS) is 14.6. The molecule has 2 aliphatic heterocycles. The van der Waals surface area contributed by atoms with Crippen LogP contribution in [0.2, 0.25) is 0 Å².